The van der Waals surface area contributed by atoms with Crippen LogP contribution in [-0.2, 0) is 0 Å². The quantitative estimate of drug-likeness (QED) is 0.472. The molecule has 0 spiro atoms. The zero-order chi connectivity index (χ0) is 7.40. The second kappa shape index (κ2) is 3.26. The van der Waals surface area contributed by atoms with Crippen LogP contribution in [0.4, 0.5) is 0 Å². The molecule has 1 fully saturated rings. The zero-order valence-electron chi connectivity index (χ0n) is 6.30. The normalized spacial score (nSPS) is 22.8. The Balaban J connectivity index is 2.58. The molecule has 1 heterocycles. The van der Waals surface area contributed by atoms with E-state index in [1.54, 1.807) is 6.08 Å². The van der Waals surface area contributed by atoms with Gasteiger partial charge in [-0.3, -0.25) is 0 Å². The first kappa shape index (κ1) is 7.14. The van der Waals surface area contributed by atoms with E-state index in [9.17, 15) is 0 Å². The van der Waals surface area contributed by atoms with E-state index in [4.69, 9.17) is 5.26 Å². The lowest BCUT2D eigenvalue weighted by atomic mass is 10.1. The molecule has 0 aromatic heterocycles. The van der Waals surface area contributed by atoms with E-state index in [1.807, 2.05) is 7.05 Å². The van der Waals surface area contributed by atoms with Crippen molar-refractivity contribution in [1.29, 1.82) is 5.26 Å². The molecule has 0 atom stereocenters. The van der Waals surface area contributed by atoms with Gasteiger partial charge in [-0.2, -0.15) is 5.26 Å². The average molecular weight is 136 g/mol. The lowest BCUT2D eigenvalue weighted by molar-refractivity contribution is 0.345. The predicted molar refractivity (Wildman–Crippen MR) is 40.2 cm³/mol. The summed E-state index contributed by atoms with van der Waals surface area (Å²) in [5.41, 5.74) is 1.19. The lowest BCUT2D eigenvalue weighted by Crippen LogP contribution is -2.23. The summed E-state index contributed by atoms with van der Waals surface area (Å²) in [6.07, 6.45) is 5.22. The number of nitrogens with zero attached hydrogens (tertiary/aromatic N) is 2. The third-order valence-electron chi connectivity index (χ3n) is 1.90. The fraction of sp³-hybridized carbons (Fsp3) is 0.625. The Morgan fingerprint density at radius 3 is 3.00 bits per heavy atom. The highest BCUT2D eigenvalue weighted by Crippen LogP contribution is 2.17. The zero-order valence-corrected chi connectivity index (χ0v) is 6.30. The summed E-state index contributed by atoms with van der Waals surface area (Å²) in [5, 5.41) is 8.38. The molecule has 2 heteroatoms. The van der Waals surface area contributed by atoms with E-state index in [2.05, 4.69) is 11.0 Å². The molecule has 0 radical (unpaired) electrons. The standard InChI is InChI=1S/C8H12N2/c1-10-7-3-2-4-8(10)5-6-9/h5H,2-4,7H2,1H3. The Kier molecular flexibility index (Phi) is 2.33. The molecule has 0 amide bonds. The lowest BCUT2D eigenvalue weighted by Gasteiger charge is -2.26. The molecule has 1 saturated heterocycles. The predicted octanol–water partition coefficient (Wildman–Crippen LogP) is 1.51. The van der Waals surface area contributed by atoms with Crippen molar-refractivity contribution in [1.82, 2.24) is 4.90 Å². The first-order valence-electron chi connectivity index (χ1n) is 3.64. The maximum absolute atomic E-state index is 8.38. The number of rotatable bonds is 0. The Morgan fingerprint density at radius 2 is 2.40 bits per heavy atom. The summed E-state index contributed by atoms with van der Waals surface area (Å²) >= 11 is 0. The molecule has 0 bridgehead atoms. The van der Waals surface area contributed by atoms with Crippen molar-refractivity contribution in [2.45, 2.75) is 19.3 Å². The van der Waals surface area contributed by atoms with E-state index in [0.717, 1.165) is 13.0 Å². The molecule has 2 nitrogen and oxygen atoms in total. The minimum atomic E-state index is 1.07. The summed E-state index contributed by atoms with van der Waals surface area (Å²) in [6.45, 7) is 1.10. The van der Waals surface area contributed by atoms with Crippen molar-refractivity contribution < 1.29 is 0 Å². The summed E-state index contributed by atoms with van der Waals surface area (Å²) in [5.74, 6) is 0. The fourth-order valence-corrected chi connectivity index (χ4v) is 1.25. The Morgan fingerprint density at radius 1 is 1.60 bits per heavy atom. The first-order valence-corrected chi connectivity index (χ1v) is 3.64. The van der Waals surface area contributed by atoms with Crippen molar-refractivity contribution in [3.63, 3.8) is 0 Å². The topological polar surface area (TPSA) is 27.0 Å². The van der Waals surface area contributed by atoms with Crippen molar-refractivity contribution in [3.05, 3.63) is 11.8 Å². The van der Waals surface area contributed by atoms with E-state index >= 15 is 0 Å². The molecule has 1 aliphatic rings. The molecule has 0 unspecified atom stereocenters. The average Bonchev–Trinajstić information content (AvgIpc) is 1.94. The summed E-state index contributed by atoms with van der Waals surface area (Å²) in [7, 11) is 2.04. The minimum Gasteiger partial charge on any atom is -0.377 e. The van der Waals surface area contributed by atoms with Crippen LogP contribution in [0.1, 0.15) is 19.3 Å². The largest absolute Gasteiger partial charge is 0.377 e. The minimum absolute atomic E-state index is 1.07. The van der Waals surface area contributed by atoms with Crippen LogP contribution in [0.15, 0.2) is 11.8 Å². The van der Waals surface area contributed by atoms with Gasteiger partial charge in [0.15, 0.2) is 0 Å². The molecule has 1 aliphatic heterocycles. The SMILES string of the molecule is CN1CCCCC1=CC#N. The number of piperidine rings is 1. The Hall–Kier alpha value is -0.970. The van der Waals surface area contributed by atoms with Gasteiger partial charge < -0.3 is 4.90 Å². The van der Waals surface area contributed by atoms with E-state index in [0.29, 0.717) is 0 Å². The van der Waals surface area contributed by atoms with Gasteiger partial charge in [0.1, 0.15) is 0 Å². The molecule has 54 valence electrons. The molecule has 10 heavy (non-hydrogen) atoms. The van der Waals surface area contributed by atoms with Gasteiger partial charge in [0.25, 0.3) is 0 Å². The third-order valence-corrected chi connectivity index (χ3v) is 1.90. The summed E-state index contributed by atoms with van der Waals surface area (Å²) < 4.78 is 0. The van der Waals surface area contributed by atoms with Crippen LogP contribution >= 0.6 is 0 Å². The van der Waals surface area contributed by atoms with Gasteiger partial charge in [0, 0.05) is 25.4 Å². The summed E-state index contributed by atoms with van der Waals surface area (Å²) in [6, 6.07) is 2.06. The van der Waals surface area contributed by atoms with Gasteiger partial charge in [0.2, 0.25) is 0 Å². The third kappa shape index (κ3) is 1.51. The summed E-state index contributed by atoms with van der Waals surface area (Å²) in [4.78, 5) is 2.16. The van der Waals surface area contributed by atoms with Crippen molar-refractivity contribution in [2.75, 3.05) is 13.6 Å². The van der Waals surface area contributed by atoms with Crippen LogP contribution in [-0.4, -0.2) is 18.5 Å². The van der Waals surface area contributed by atoms with Gasteiger partial charge >= 0.3 is 0 Å². The van der Waals surface area contributed by atoms with Crippen LogP contribution < -0.4 is 0 Å². The smallest absolute Gasteiger partial charge is 0.0930 e. The van der Waals surface area contributed by atoms with Crippen LogP contribution in [0, 0.1) is 11.3 Å². The molecule has 0 aromatic rings. The Labute approximate surface area is 61.8 Å². The van der Waals surface area contributed by atoms with Crippen LogP contribution in [0.5, 0.6) is 0 Å². The number of likely N-dealkylation sites (tertiary alicyclic amines) is 1. The van der Waals surface area contributed by atoms with Gasteiger partial charge in [-0.05, 0) is 19.3 Å². The van der Waals surface area contributed by atoms with Gasteiger partial charge in [-0.25, -0.2) is 0 Å². The van der Waals surface area contributed by atoms with Gasteiger partial charge in [-0.1, -0.05) is 0 Å². The second-order valence-electron chi connectivity index (χ2n) is 2.64. The molecular weight excluding hydrogens is 124 g/mol. The molecule has 0 N–H and O–H groups in total. The van der Waals surface area contributed by atoms with E-state index < -0.39 is 0 Å². The van der Waals surface area contributed by atoms with Crippen LogP contribution in [0.25, 0.3) is 0 Å². The molecular formula is C8H12N2. The highest BCUT2D eigenvalue weighted by molar-refractivity contribution is 5.13. The number of allylic oxidation sites excluding steroid dienone is 2. The van der Waals surface area contributed by atoms with Crippen molar-refractivity contribution in [3.8, 4) is 6.07 Å². The molecule has 0 saturated carbocycles. The highest BCUT2D eigenvalue weighted by Gasteiger charge is 2.09. The van der Waals surface area contributed by atoms with Crippen molar-refractivity contribution >= 4 is 0 Å². The number of hydrogen-bond donors (Lipinski definition) is 0. The number of hydrogen-bond acceptors (Lipinski definition) is 2. The van der Waals surface area contributed by atoms with Crippen LogP contribution in [0.3, 0.4) is 0 Å². The number of nitriles is 1. The molecule has 1 rings (SSSR count). The van der Waals surface area contributed by atoms with Gasteiger partial charge in [0.05, 0.1) is 6.07 Å². The first-order chi connectivity index (χ1) is 4.84. The van der Waals surface area contributed by atoms with Crippen LogP contribution in [0.2, 0.25) is 0 Å². The highest BCUT2D eigenvalue weighted by atomic mass is 15.1. The van der Waals surface area contributed by atoms with Gasteiger partial charge in [-0.15, -0.1) is 0 Å². The van der Waals surface area contributed by atoms with E-state index in [1.165, 1.54) is 18.5 Å². The fourth-order valence-electron chi connectivity index (χ4n) is 1.25. The maximum Gasteiger partial charge on any atom is 0.0930 e. The molecule has 0 aliphatic carbocycles. The second-order valence-corrected chi connectivity index (χ2v) is 2.64. The maximum atomic E-state index is 8.38. The molecule has 0 aromatic carbocycles. The van der Waals surface area contributed by atoms with E-state index in [-0.39, 0.29) is 0 Å². The van der Waals surface area contributed by atoms with Crippen molar-refractivity contribution in [2.24, 2.45) is 0 Å². The Bertz CT molecular complexity index is 176. The monoisotopic (exact) mass is 136 g/mol.